The van der Waals surface area contributed by atoms with Crippen LogP contribution in [0, 0.1) is 5.41 Å². The lowest BCUT2D eigenvalue weighted by atomic mass is 9.83. The molecule has 0 radical (unpaired) electrons. The molecule has 2 N–H and O–H groups in total. The maximum atomic E-state index is 9.40. The summed E-state index contributed by atoms with van der Waals surface area (Å²) in [7, 11) is 0. The molecule has 0 saturated carbocycles. The Kier molecular flexibility index (Phi) is 4.96. The molecule has 16 heavy (non-hydrogen) atoms. The molecule has 1 heterocycles. The number of nitrogens with zero attached hydrogens (tertiary/aromatic N) is 2. The lowest BCUT2D eigenvalue weighted by molar-refractivity contribution is 0.127. The monoisotopic (exact) mass is 243 g/mol. The Morgan fingerprint density at radius 1 is 1.31 bits per heavy atom. The highest BCUT2D eigenvalue weighted by molar-refractivity contribution is 6.30. The van der Waals surface area contributed by atoms with Gasteiger partial charge in [0.05, 0.1) is 24.0 Å². The fourth-order valence-corrected chi connectivity index (χ4v) is 1.55. The van der Waals surface area contributed by atoms with Crippen molar-refractivity contribution in [2.24, 2.45) is 5.41 Å². The van der Waals surface area contributed by atoms with Gasteiger partial charge in [0.2, 0.25) is 5.95 Å². The Morgan fingerprint density at radius 2 is 1.88 bits per heavy atom. The Labute approximate surface area is 101 Å². The van der Waals surface area contributed by atoms with Crippen molar-refractivity contribution in [3.05, 3.63) is 17.4 Å². The molecule has 4 nitrogen and oxygen atoms in total. The fraction of sp³-hybridized carbons (Fsp3) is 0.636. The van der Waals surface area contributed by atoms with E-state index in [1.165, 1.54) is 0 Å². The summed E-state index contributed by atoms with van der Waals surface area (Å²) in [5, 5.41) is 13.0. The van der Waals surface area contributed by atoms with Gasteiger partial charge in [-0.1, -0.05) is 25.4 Å². The maximum absolute atomic E-state index is 9.40. The van der Waals surface area contributed by atoms with Gasteiger partial charge in [0.25, 0.3) is 0 Å². The molecular weight excluding hydrogens is 226 g/mol. The van der Waals surface area contributed by atoms with Crippen molar-refractivity contribution in [1.29, 1.82) is 0 Å². The van der Waals surface area contributed by atoms with Crippen molar-refractivity contribution < 1.29 is 5.11 Å². The van der Waals surface area contributed by atoms with E-state index in [2.05, 4.69) is 29.1 Å². The van der Waals surface area contributed by atoms with Gasteiger partial charge in [0, 0.05) is 12.0 Å². The third-order valence-electron chi connectivity index (χ3n) is 3.08. The van der Waals surface area contributed by atoms with E-state index in [0.717, 1.165) is 12.8 Å². The first-order valence-electron chi connectivity index (χ1n) is 5.48. The molecule has 0 spiro atoms. The second-order valence-corrected chi connectivity index (χ2v) is 4.38. The van der Waals surface area contributed by atoms with Gasteiger partial charge in [-0.25, -0.2) is 9.97 Å². The minimum atomic E-state index is -0.0942. The van der Waals surface area contributed by atoms with Crippen molar-refractivity contribution in [2.75, 3.05) is 18.5 Å². The zero-order valence-corrected chi connectivity index (χ0v) is 10.5. The predicted octanol–water partition coefficient (Wildman–Crippen LogP) is 2.34. The lowest BCUT2D eigenvalue weighted by Gasteiger charge is -2.29. The molecule has 5 heteroatoms. The molecular formula is C11H18ClN3O. The molecule has 0 amide bonds. The van der Waals surface area contributed by atoms with Gasteiger partial charge in [0.1, 0.15) is 0 Å². The van der Waals surface area contributed by atoms with E-state index in [-0.39, 0.29) is 12.0 Å². The SMILES string of the molecule is CCC(CC)(CO)CNc1ncc(Cl)cn1. The van der Waals surface area contributed by atoms with Gasteiger partial charge in [0.15, 0.2) is 0 Å². The van der Waals surface area contributed by atoms with Crippen LogP contribution in [0.4, 0.5) is 5.95 Å². The summed E-state index contributed by atoms with van der Waals surface area (Å²) in [6.45, 7) is 4.98. The van der Waals surface area contributed by atoms with E-state index in [0.29, 0.717) is 17.5 Å². The van der Waals surface area contributed by atoms with Crippen molar-refractivity contribution in [1.82, 2.24) is 9.97 Å². The van der Waals surface area contributed by atoms with Gasteiger partial charge < -0.3 is 10.4 Å². The molecule has 0 aliphatic heterocycles. The van der Waals surface area contributed by atoms with Crippen LogP contribution in [0.15, 0.2) is 12.4 Å². The van der Waals surface area contributed by atoms with Crippen molar-refractivity contribution in [3.8, 4) is 0 Å². The third kappa shape index (κ3) is 3.32. The Morgan fingerprint density at radius 3 is 2.31 bits per heavy atom. The molecule has 0 unspecified atom stereocenters. The van der Waals surface area contributed by atoms with Gasteiger partial charge in [-0.05, 0) is 12.8 Å². The minimum absolute atomic E-state index is 0.0942. The topological polar surface area (TPSA) is 58.0 Å². The van der Waals surface area contributed by atoms with Crippen LogP contribution in [0.3, 0.4) is 0 Å². The average molecular weight is 244 g/mol. The summed E-state index contributed by atoms with van der Waals surface area (Å²) < 4.78 is 0. The number of aliphatic hydroxyl groups excluding tert-OH is 1. The first kappa shape index (κ1) is 13.2. The highest BCUT2D eigenvalue weighted by Gasteiger charge is 2.25. The molecule has 0 aliphatic rings. The highest BCUT2D eigenvalue weighted by Crippen LogP contribution is 2.25. The lowest BCUT2D eigenvalue weighted by Crippen LogP contribution is -2.32. The molecule has 0 atom stereocenters. The van der Waals surface area contributed by atoms with Gasteiger partial charge in [-0.3, -0.25) is 0 Å². The summed E-state index contributed by atoms with van der Waals surface area (Å²) in [4.78, 5) is 8.10. The number of halogens is 1. The fourth-order valence-electron chi connectivity index (χ4n) is 1.45. The standard InChI is InChI=1S/C11H18ClN3O/c1-3-11(4-2,8-16)7-15-10-13-5-9(12)6-14-10/h5-6,16H,3-4,7-8H2,1-2H3,(H,13,14,15). The van der Waals surface area contributed by atoms with Crippen LogP contribution in [-0.2, 0) is 0 Å². The number of hydrogen-bond donors (Lipinski definition) is 2. The quantitative estimate of drug-likeness (QED) is 0.805. The molecule has 1 rings (SSSR count). The predicted molar refractivity (Wildman–Crippen MR) is 65.6 cm³/mol. The van der Waals surface area contributed by atoms with Crippen LogP contribution < -0.4 is 5.32 Å². The summed E-state index contributed by atoms with van der Waals surface area (Å²) in [5.41, 5.74) is -0.0942. The van der Waals surface area contributed by atoms with Crippen molar-refractivity contribution >= 4 is 17.5 Å². The van der Waals surface area contributed by atoms with Crippen LogP contribution >= 0.6 is 11.6 Å². The van der Waals surface area contributed by atoms with Crippen molar-refractivity contribution in [2.45, 2.75) is 26.7 Å². The van der Waals surface area contributed by atoms with E-state index in [1.807, 2.05) is 0 Å². The van der Waals surface area contributed by atoms with Crippen LogP contribution in [0.5, 0.6) is 0 Å². The van der Waals surface area contributed by atoms with Gasteiger partial charge in [-0.15, -0.1) is 0 Å². The van der Waals surface area contributed by atoms with Gasteiger partial charge in [-0.2, -0.15) is 0 Å². The summed E-state index contributed by atoms with van der Waals surface area (Å²) in [6, 6.07) is 0. The van der Waals surface area contributed by atoms with Crippen LogP contribution in [0.2, 0.25) is 5.02 Å². The van der Waals surface area contributed by atoms with Crippen LogP contribution in [0.25, 0.3) is 0 Å². The summed E-state index contributed by atoms with van der Waals surface area (Å²) in [6.07, 6.45) is 4.94. The number of aliphatic hydroxyl groups is 1. The average Bonchev–Trinajstić information content (AvgIpc) is 2.34. The second kappa shape index (κ2) is 6.01. The van der Waals surface area contributed by atoms with E-state index in [1.54, 1.807) is 12.4 Å². The highest BCUT2D eigenvalue weighted by atomic mass is 35.5. The van der Waals surface area contributed by atoms with Crippen LogP contribution in [0.1, 0.15) is 26.7 Å². The molecule has 0 aromatic carbocycles. The first-order chi connectivity index (χ1) is 7.65. The van der Waals surface area contributed by atoms with E-state index < -0.39 is 0 Å². The Balaban J connectivity index is 2.58. The zero-order chi connectivity index (χ0) is 12.0. The molecule has 1 aromatic rings. The normalized spacial score (nSPS) is 11.5. The molecule has 0 bridgehead atoms. The molecule has 0 aliphatic carbocycles. The number of nitrogens with one attached hydrogen (secondary N) is 1. The largest absolute Gasteiger partial charge is 0.396 e. The first-order valence-corrected chi connectivity index (χ1v) is 5.86. The second-order valence-electron chi connectivity index (χ2n) is 3.94. The molecule has 1 aromatic heterocycles. The maximum Gasteiger partial charge on any atom is 0.222 e. The minimum Gasteiger partial charge on any atom is -0.396 e. The molecule has 90 valence electrons. The number of anilines is 1. The smallest absolute Gasteiger partial charge is 0.222 e. The van der Waals surface area contributed by atoms with Crippen LogP contribution in [-0.4, -0.2) is 28.2 Å². The summed E-state index contributed by atoms with van der Waals surface area (Å²) in [5.74, 6) is 0.545. The van der Waals surface area contributed by atoms with E-state index in [4.69, 9.17) is 11.6 Å². The van der Waals surface area contributed by atoms with E-state index >= 15 is 0 Å². The van der Waals surface area contributed by atoms with Gasteiger partial charge >= 0.3 is 0 Å². The molecule has 0 fully saturated rings. The number of hydrogen-bond acceptors (Lipinski definition) is 4. The third-order valence-corrected chi connectivity index (χ3v) is 3.27. The Hall–Kier alpha value is -0.870. The number of aromatic nitrogens is 2. The summed E-state index contributed by atoms with van der Waals surface area (Å²) >= 11 is 5.69. The van der Waals surface area contributed by atoms with Crippen molar-refractivity contribution in [3.63, 3.8) is 0 Å². The Bertz CT molecular complexity index is 303. The number of rotatable bonds is 6. The zero-order valence-electron chi connectivity index (χ0n) is 9.70. The molecule has 0 saturated heterocycles. The van der Waals surface area contributed by atoms with E-state index in [9.17, 15) is 5.11 Å².